The van der Waals surface area contributed by atoms with Gasteiger partial charge in [0.15, 0.2) is 17.1 Å². The molecule has 122 valence electrons. The number of aromatic hydroxyl groups is 1. The lowest BCUT2D eigenvalue weighted by Gasteiger charge is -2.12. The van der Waals surface area contributed by atoms with Crippen molar-refractivity contribution in [2.45, 2.75) is 0 Å². The van der Waals surface area contributed by atoms with Crippen molar-refractivity contribution in [3.63, 3.8) is 0 Å². The second-order valence-corrected chi connectivity index (χ2v) is 4.94. The van der Waals surface area contributed by atoms with E-state index in [-0.39, 0.29) is 22.8 Å². The second-order valence-electron chi connectivity index (χ2n) is 4.94. The van der Waals surface area contributed by atoms with E-state index in [4.69, 9.17) is 13.9 Å². The molecule has 2 aromatic heterocycles. The largest absolute Gasteiger partial charge is 0.504 e. The average molecular weight is 325 g/mol. The Kier molecular flexibility index (Phi) is 4.20. The van der Waals surface area contributed by atoms with E-state index in [0.717, 1.165) is 5.56 Å². The Hall–Kier alpha value is -3.28. The van der Waals surface area contributed by atoms with Gasteiger partial charge in [0, 0.05) is 12.4 Å². The van der Waals surface area contributed by atoms with Crippen molar-refractivity contribution in [2.24, 2.45) is 0 Å². The molecule has 0 spiro atoms. The lowest BCUT2D eigenvalue weighted by molar-refractivity contribution is 0.104. The molecule has 1 N–H and O–H groups in total. The molecule has 0 aliphatic carbocycles. The van der Waals surface area contributed by atoms with Crippen LogP contribution in [0.4, 0.5) is 0 Å². The van der Waals surface area contributed by atoms with Crippen molar-refractivity contribution in [1.29, 1.82) is 0 Å². The van der Waals surface area contributed by atoms with Gasteiger partial charge in [0.25, 0.3) is 0 Å². The van der Waals surface area contributed by atoms with Crippen LogP contribution in [0.3, 0.4) is 0 Å². The number of methoxy groups -OCH3 is 2. The van der Waals surface area contributed by atoms with E-state index in [1.165, 1.54) is 26.6 Å². The molecule has 0 atom stereocenters. The van der Waals surface area contributed by atoms with E-state index in [9.17, 15) is 9.90 Å². The molecular weight excluding hydrogens is 310 g/mol. The van der Waals surface area contributed by atoms with Gasteiger partial charge in [-0.1, -0.05) is 6.07 Å². The summed E-state index contributed by atoms with van der Waals surface area (Å²) < 4.78 is 15.8. The van der Waals surface area contributed by atoms with E-state index in [2.05, 4.69) is 4.98 Å². The van der Waals surface area contributed by atoms with Gasteiger partial charge in [0.05, 0.1) is 25.9 Å². The highest BCUT2D eigenvalue weighted by molar-refractivity contribution is 6.15. The number of carbonyl (C=O) groups is 1. The topological polar surface area (TPSA) is 81.8 Å². The van der Waals surface area contributed by atoms with Gasteiger partial charge in [0.1, 0.15) is 11.3 Å². The molecule has 0 unspecified atom stereocenters. The number of fused-ring (bicyclic) bond motifs is 1. The number of hydrogen-bond acceptors (Lipinski definition) is 6. The molecule has 6 heteroatoms. The molecule has 0 amide bonds. The predicted octanol–water partition coefficient (Wildman–Crippen LogP) is 3.45. The van der Waals surface area contributed by atoms with Gasteiger partial charge in [-0.3, -0.25) is 9.78 Å². The zero-order chi connectivity index (χ0) is 17.1. The van der Waals surface area contributed by atoms with E-state index >= 15 is 0 Å². The normalized spacial score (nSPS) is 11.1. The van der Waals surface area contributed by atoms with Crippen molar-refractivity contribution in [3.05, 3.63) is 54.1 Å². The van der Waals surface area contributed by atoms with Gasteiger partial charge in [-0.05, 0) is 29.8 Å². The van der Waals surface area contributed by atoms with Gasteiger partial charge in [-0.2, -0.15) is 0 Å². The molecule has 0 fully saturated rings. The molecule has 0 aliphatic heterocycles. The third-order valence-corrected chi connectivity index (χ3v) is 3.56. The number of ketones is 1. The molecule has 6 nitrogen and oxygen atoms in total. The summed E-state index contributed by atoms with van der Waals surface area (Å²) in [6.07, 6.45) is 7.67. The quantitative estimate of drug-likeness (QED) is 0.571. The fourth-order valence-electron chi connectivity index (χ4n) is 2.49. The number of phenols is 1. The number of aromatic nitrogens is 1. The summed E-state index contributed by atoms with van der Waals surface area (Å²) in [4.78, 5) is 16.6. The summed E-state index contributed by atoms with van der Waals surface area (Å²) >= 11 is 0. The first kappa shape index (κ1) is 15.6. The third-order valence-electron chi connectivity index (χ3n) is 3.56. The fourth-order valence-corrected chi connectivity index (χ4v) is 2.49. The Morgan fingerprint density at radius 3 is 2.71 bits per heavy atom. The van der Waals surface area contributed by atoms with Crippen LogP contribution in [0.25, 0.3) is 17.0 Å². The van der Waals surface area contributed by atoms with Crippen LogP contribution in [-0.2, 0) is 0 Å². The van der Waals surface area contributed by atoms with Gasteiger partial charge in [-0.15, -0.1) is 0 Å². The first-order valence-corrected chi connectivity index (χ1v) is 7.14. The molecule has 0 aliphatic rings. The maximum Gasteiger partial charge on any atom is 0.205 e. The lowest BCUT2D eigenvalue weighted by atomic mass is 10.0. The molecule has 24 heavy (non-hydrogen) atoms. The minimum atomic E-state index is -0.422. The van der Waals surface area contributed by atoms with Crippen molar-refractivity contribution in [3.8, 4) is 17.2 Å². The van der Waals surface area contributed by atoms with Crippen molar-refractivity contribution < 1.29 is 23.8 Å². The Labute approximate surface area is 138 Å². The average Bonchev–Trinajstić information content (AvgIpc) is 3.08. The third kappa shape index (κ3) is 2.58. The maximum absolute atomic E-state index is 12.6. The fraction of sp³-hybridized carbons (Fsp3) is 0.111. The minimum absolute atomic E-state index is 0.0170. The molecule has 3 rings (SSSR count). The molecule has 3 aromatic rings. The number of furan rings is 1. The monoisotopic (exact) mass is 325 g/mol. The number of hydrogen-bond donors (Lipinski definition) is 1. The van der Waals surface area contributed by atoms with Gasteiger partial charge in [0.2, 0.25) is 5.75 Å². The Balaban J connectivity index is 2.12. The van der Waals surface area contributed by atoms with Crippen LogP contribution in [0.5, 0.6) is 17.2 Å². The molecule has 1 aromatic carbocycles. The summed E-state index contributed by atoms with van der Waals surface area (Å²) in [7, 11) is 2.82. The van der Waals surface area contributed by atoms with Crippen molar-refractivity contribution in [2.75, 3.05) is 14.2 Å². The SMILES string of the molecule is COc1c(C(=O)/C=C/c2cccnc2)c(O)c(OC)c2occc12. The highest BCUT2D eigenvalue weighted by atomic mass is 16.5. The molecule has 0 radical (unpaired) electrons. The smallest absolute Gasteiger partial charge is 0.205 e. The number of rotatable bonds is 5. The summed E-state index contributed by atoms with van der Waals surface area (Å²) in [6, 6.07) is 5.23. The predicted molar refractivity (Wildman–Crippen MR) is 88.6 cm³/mol. The van der Waals surface area contributed by atoms with Gasteiger partial charge in [-0.25, -0.2) is 0 Å². The van der Waals surface area contributed by atoms with Crippen LogP contribution in [0.15, 0.2) is 47.3 Å². The van der Waals surface area contributed by atoms with Gasteiger partial charge >= 0.3 is 0 Å². The van der Waals surface area contributed by atoms with Crippen LogP contribution in [0, 0.1) is 0 Å². The summed E-state index contributed by atoms with van der Waals surface area (Å²) in [6.45, 7) is 0. The van der Waals surface area contributed by atoms with Crippen molar-refractivity contribution >= 4 is 22.8 Å². The molecule has 0 saturated carbocycles. The summed E-state index contributed by atoms with van der Waals surface area (Å²) in [5.74, 6) is -0.418. The lowest BCUT2D eigenvalue weighted by Crippen LogP contribution is -2.02. The first-order valence-electron chi connectivity index (χ1n) is 7.14. The van der Waals surface area contributed by atoms with Crippen molar-refractivity contribution in [1.82, 2.24) is 4.98 Å². The number of ether oxygens (including phenoxy) is 2. The summed E-state index contributed by atoms with van der Waals surface area (Å²) in [5, 5.41) is 11.0. The van der Waals surface area contributed by atoms with Crippen LogP contribution in [-0.4, -0.2) is 30.1 Å². The molecule has 0 bridgehead atoms. The van der Waals surface area contributed by atoms with E-state index in [1.54, 1.807) is 30.6 Å². The van der Waals surface area contributed by atoms with E-state index in [1.807, 2.05) is 6.07 Å². The first-order chi connectivity index (χ1) is 11.7. The van der Waals surface area contributed by atoms with Gasteiger partial charge < -0.3 is 19.0 Å². The Morgan fingerprint density at radius 1 is 1.25 bits per heavy atom. The van der Waals surface area contributed by atoms with Crippen LogP contribution in [0.1, 0.15) is 15.9 Å². The number of phenolic OH excluding ortho intramolecular Hbond substituents is 1. The molecule has 2 heterocycles. The molecular formula is C18H15NO5. The number of benzene rings is 1. The standard InChI is InChI=1S/C18H15NO5/c1-22-16-12-7-9-24-17(12)18(23-2)15(21)14(16)13(20)6-5-11-4-3-8-19-10-11/h3-10,21H,1-2H3/b6-5+. The van der Waals surface area contributed by atoms with E-state index in [0.29, 0.717) is 11.0 Å². The van der Waals surface area contributed by atoms with Crippen LogP contribution >= 0.6 is 0 Å². The Bertz CT molecular complexity index is 912. The zero-order valence-corrected chi connectivity index (χ0v) is 13.1. The van der Waals surface area contributed by atoms with Crippen LogP contribution in [0.2, 0.25) is 0 Å². The zero-order valence-electron chi connectivity index (χ0n) is 13.1. The number of pyridine rings is 1. The maximum atomic E-state index is 12.6. The second kappa shape index (κ2) is 6.45. The number of carbonyl (C=O) groups excluding carboxylic acids is 1. The minimum Gasteiger partial charge on any atom is -0.504 e. The molecule has 0 saturated heterocycles. The highest BCUT2D eigenvalue weighted by Gasteiger charge is 2.26. The highest BCUT2D eigenvalue weighted by Crippen LogP contribution is 2.45. The van der Waals surface area contributed by atoms with E-state index < -0.39 is 5.78 Å². The summed E-state index contributed by atoms with van der Waals surface area (Å²) in [5.41, 5.74) is 1.10. The van der Waals surface area contributed by atoms with Crippen LogP contribution < -0.4 is 9.47 Å². The Morgan fingerprint density at radius 2 is 2.04 bits per heavy atom. The number of nitrogens with zero attached hydrogens (tertiary/aromatic N) is 1. The number of allylic oxidation sites excluding steroid dienone is 1.